The molecule has 0 amide bonds. The first-order valence-corrected chi connectivity index (χ1v) is 8.29. The van der Waals surface area contributed by atoms with Gasteiger partial charge in [0.05, 0.1) is 11.2 Å². The Hall–Kier alpha value is -0.410. The summed E-state index contributed by atoms with van der Waals surface area (Å²) in [6.45, 7) is 4.45. The lowest BCUT2D eigenvalue weighted by molar-refractivity contribution is 0.230. The third kappa shape index (κ3) is 2.35. The van der Waals surface area contributed by atoms with Crippen LogP contribution in [-0.4, -0.2) is 11.0 Å². The Morgan fingerprint density at radius 1 is 1.28 bits per heavy atom. The number of hydrogen-bond donors (Lipinski definition) is 1. The van der Waals surface area contributed by atoms with Crippen molar-refractivity contribution in [1.29, 1.82) is 0 Å². The highest BCUT2D eigenvalue weighted by molar-refractivity contribution is 7.11. The molecule has 1 heterocycles. The molecule has 1 aromatic rings. The summed E-state index contributed by atoms with van der Waals surface area (Å²) in [6.07, 6.45) is 10.5. The summed E-state index contributed by atoms with van der Waals surface area (Å²) in [5.41, 5.74) is 1.54. The fourth-order valence-electron chi connectivity index (χ4n) is 3.15. The topological polar surface area (TPSA) is 24.9 Å². The van der Waals surface area contributed by atoms with E-state index in [2.05, 4.69) is 19.2 Å². The molecule has 3 heteroatoms. The third-order valence-corrected chi connectivity index (χ3v) is 5.62. The van der Waals surface area contributed by atoms with Crippen LogP contribution >= 0.6 is 11.3 Å². The highest BCUT2D eigenvalue weighted by Crippen LogP contribution is 2.42. The number of nitrogens with zero attached hydrogens (tertiary/aromatic N) is 1. The number of hydrogen-bond acceptors (Lipinski definition) is 3. The van der Waals surface area contributed by atoms with Gasteiger partial charge in [0.15, 0.2) is 0 Å². The SMILES string of the molecule is CCc1nc(C2(NC3CC3)CCCCC2)sc1C. The molecule has 0 saturated heterocycles. The molecule has 2 aliphatic rings. The van der Waals surface area contributed by atoms with Crippen molar-refractivity contribution in [3.05, 3.63) is 15.6 Å². The van der Waals surface area contributed by atoms with Crippen molar-refractivity contribution in [3.63, 3.8) is 0 Å². The van der Waals surface area contributed by atoms with Gasteiger partial charge in [0, 0.05) is 10.9 Å². The van der Waals surface area contributed by atoms with Crippen molar-refractivity contribution in [1.82, 2.24) is 10.3 Å². The summed E-state index contributed by atoms with van der Waals surface area (Å²) in [4.78, 5) is 6.39. The Morgan fingerprint density at radius 3 is 2.56 bits per heavy atom. The number of nitrogens with one attached hydrogen (secondary N) is 1. The lowest BCUT2D eigenvalue weighted by atomic mass is 9.82. The van der Waals surface area contributed by atoms with Gasteiger partial charge in [-0.15, -0.1) is 11.3 Å². The van der Waals surface area contributed by atoms with Crippen LogP contribution in [0, 0.1) is 6.92 Å². The zero-order valence-corrected chi connectivity index (χ0v) is 12.4. The molecule has 0 aliphatic heterocycles. The molecule has 0 aromatic carbocycles. The molecule has 2 aliphatic carbocycles. The highest BCUT2D eigenvalue weighted by Gasteiger charge is 2.40. The van der Waals surface area contributed by atoms with E-state index >= 15 is 0 Å². The largest absolute Gasteiger partial charge is 0.303 e. The smallest absolute Gasteiger partial charge is 0.113 e. The summed E-state index contributed by atoms with van der Waals surface area (Å²) in [7, 11) is 0. The van der Waals surface area contributed by atoms with Crippen LogP contribution in [0.5, 0.6) is 0 Å². The molecular weight excluding hydrogens is 240 g/mol. The number of thiazole rings is 1. The summed E-state index contributed by atoms with van der Waals surface area (Å²) < 4.78 is 0. The van der Waals surface area contributed by atoms with Gasteiger partial charge in [-0.25, -0.2) is 4.98 Å². The van der Waals surface area contributed by atoms with Crippen LogP contribution in [0.1, 0.15) is 67.4 Å². The van der Waals surface area contributed by atoms with E-state index in [4.69, 9.17) is 4.98 Å². The second-order valence-electron chi connectivity index (χ2n) is 5.94. The van der Waals surface area contributed by atoms with Crippen molar-refractivity contribution < 1.29 is 0 Å². The molecule has 1 aromatic heterocycles. The van der Waals surface area contributed by atoms with Gasteiger partial charge in [0.25, 0.3) is 0 Å². The molecule has 100 valence electrons. The first kappa shape index (κ1) is 12.6. The zero-order chi connectivity index (χ0) is 12.6. The number of aromatic nitrogens is 1. The molecule has 2 nitrogen and oxygen atoms in total. The van der Waals surface area contributed by atoms with E-state index in [1.807, 2.05) is 11.3 Å². The van der Waals surface area contributed by atoms with Crippen LogP contribution in [0.4, 0.5) is 0 Å². The maximum absolute atomic E-state index is 4.96. The Labute approximate surface area is 114 Å². The van der Waals surface area contributed by atoms with Crippen LogP contribution in [0.3, 0.4) is 0 Å². The van der Waals surface area contributed by atoms with Crippen molar-refractivity contribution >= 4 is 11.3 Å². The van der Waals surface area contributed by atoms with Gasteiger partial charge < -0.3 is 5.32 Å². The van der Waals surface area contributed by atoms with Crippen LogP contribution in [0.2, 0.25) is 0 Å². The van der Waals surface area contributed by atoms with Gasteiger partial charge in [-0.3, -0.25) is 0 Å². The maximum Gasteiger partial charge on any atom is 0.113 e. The van der Waals surface area contributed by atoms with E-state index in [-0.39, 0.29) is 5.54 Å². The average Bonchev–Trinajstić information content (AvgIpc) is 3.10. The minimum atomic E-state index is 0.224. The minimum absolute atomic E-state index is 0.224. The Kier molecular flexibility index (Phi) is 3.46. The molecule has 18 heavy (non-hydrogen) atoms. The monoisotopic (exact) mass is 264 g/mol. The molecule has 0 unspecified atom stereocenters. The Bertz CT molecular complexity index is 414. The predicted octanol–water partition coefficient (Wildman–Crippen LogP) is 3.93. The van der Waals surface area contributed by atoms with E-state index in [1.165, 1.54) is 60.5 Å². The van der Waals surface area contributed by atoms with E-state index < -0.39 is 0 Å². The van der Waals surface area contributed by atoms with Gasteiger partial charge in [-0.05, 0) is 39.0 Å². The third-order valence-electron chi connectivity index (χ3n) is 4.40. The maximum atomic E-state index is 4.96. The predicted molar refractivity (Wildman–Crippen MR) is 77.1 cm³/mol. The second kappa shape index (κ2) is 4.93. The standard InChI is InChI=1S/C15H24N2S/c1-3-13-11(2)18-14(16-13)15(17-12-7-8-12)9-5-4-6-10-15/h12,17H,3-10H2,1-2H3. The zero-order valence-electron chi connectivity index (χ0n) is 11.6. The van der Waals surface area contributed by atoms with Crippen LogP contribution in [-0.2, 0) is 12.0 Å². The van der Waals surface area contributed by atoms with E-state index in [0.717, 1.165) is 12.5 Å². The van der Waals surface area contributed by atoms with Crippen molar-refractivity contribution in [3.8, 4) is 0 Å². The van der Waals surface area contributed by atoms with E-state index in [1.54, 1.807) is 0 Å². The second-order valence-corrected chi connectivity index (χ2v) is 7.14. The summed E-state index contributed by atoms with van der Waals surface area (Å²) in [5, 5.41) is 5.31. The van der Waals surface area contributed by atoms with Gasteiger partial charge >= 0.3 is 0 Å². The molecule has 1 N–H and O–H groups in total. The molecule has 2 fully saturated rings. The minimum Gasteiger partial charge on any atom is -0.303 e. The van der Waals surface area contributed by atoms with Crippen molar-refractivity contribution in [2.75, 3.05) is 0 Å². The normalized spacial score (nSPS) is 23.2. The van der Waals surface area contributed by atoms with E-state index in [0.29, 0.717) is 0 Å². The highest BCUT2D eigenvalue weighted by atomic mass is 32.1. The van der Waals surface area contributed by atoms with E-state index in [9.17, 15) is 0 Å². The lowest BCUT2D eigenvalue weighted by Gasteiger charge is -2.37. The molecule has 2 saturated carbocycles. The first-order valence-electron chi connectivity index (χ1n) is 7.48. The van der Waals surface area contributed by atoms with Crippen LogP contribution in [0.15, 0.2) is 0 Å². The fourth-order valence-corrected chi connectivity index (χ4v) is 4.37. The number of aryl methyl sites for hydroxylation is 2. The molecular formula is C15H24N2S. The molecule has 0 bridgehead atoms. The fraction of sp³-hybridized carbons (Fsp3) is 0.800. The van der Waals surface area contributed by atoms with Crippen molar-refractivity contribution in [2.45, 2.75) is 76.8 Å². The van der Waals surface area contributed by atoms with Crippen LogP contribution in [0.25, 0.3) is 0 Å². The van der Waals surface area contributed by atoms with Gasteiger partial charge in [0.1, 0.15) is 5.01 Å². The number of rotatable bonds is 4. The quantitative estimate of drug-likeness (QED) is 0.891. The summed E-state index contributed by atoms with van der Waals surface area (Å²) >= 11 is 1.94. The first-order chi connectivity index (χ1) is 8.73. The Morgan fingerprint density at radius 2 is 2.00 bits per heavy atom. The molecule has 0 radical (unpaired) electrons. The van der Waals surface area contributed by atoms with Crippen LogP contribution < -0.4 is 5.32 Å². The molecule has 3 rings (SSSR count). The summed E-state index contributed by atoms with van der Waals surface area (Å²) in [6, 6.07) is 0.775. The average molecular weight is 264 g/mol. The molecule has 0 atom stereocenters. The Balaban J connectivity index is 1.90. The van der Waals surface area contributed by atoms with Gasteiger partial charge in [-0.2, -0.15) is 0 Å². The summed E-state index contributed by atoms with van der Waals surface area (Å²) in [5.74, 6) is 0. The van der Waals surface area contributed by atoms with Gasteiger partial charge in [-0.1, -0.05) is 26.2 Å². The lowest BCUT2D eigenvalue weighted by Crippen LogP contribution is -2.45. The van der Waals surface area contributed by atoms with Crippen molar-refractivity contribution in [2.24, 2.45) is 0 Å². The molecule has 0 spiro atoms. The van der Waals surface area contributed by atoms with Gasteiger partial charge in [0.2, 0.25) is 0 Å².